The van der Waals surface area contributed by atoms with Gasteiger partial charge in [0.2, 0.25) is 0 Å². The fourth-order valence-electron chi connectivity index (χ4n) is 2.58. The van der Waals surface area contributed by atoms with Crippen LogP contribution in [0.1, 0.15) is 16.7 Å². The maximum absolute atomic E-state index is 13.8. The molecule has 0 saturated carbocycles. The molecule has 0 atom stereocenters. The predicted octanol–water partition coefficient (Wildman–Crippen LogP) is 3.21. The minimum absolute atomic E-state index is 0.176. The average molecular weight is 364 g/mol. The fraction of sp³-hybridized carbons (Fsp3) is 0.278. The minimum atomic E-state index is -0.311. The zero-order valence-electron chi connectivity index (χ0n) is 13.8. The van der Waals surface area contributed by atoms with Gasteiger partial charge in [0.05, 0.1) is 6.61 Å². The van der Waals surface area contributed by atoms with Crippen molar-refractivity contribution in [2.45, 2.75) is 19.7 Å². The number of nitrogens with zero attached hydrogens (tertiary/aromatic N) is 1. The van der Waals surface area contributed by atoms with Gasteiger partial charge < -0.3 is 20.1 Å². The molecule has 132 valence electrons. The van der Waals surface area contributed by atoms with Crippen LogP contribution in [0, 0.1) is 5.82 Å². The number of guanidine groups is 1. The molecule has 0 amide bonds. The molecule has 0 fully saturated rings. The van der Waals surface area contributed by atoms with E-state index in [2.05, 4.69) is 15.6 Å². The molecule has 0 aliphatic carbocycles. The summed E-state index contributed by atoms with van der Waals surface area (Å²) in [6.07, 6.45) is 0. The van der Waals surface area contributed by atoms with E-state index in [4.69, 9.17) is 21.1 Å². The molecule has 25 heavy (non-hydrogen) atoms. The van der Waals surface area contributed by atoms with E-state index in [0.29, 0.717) is 42.0 Å². The standard InChI is InChI=1S/C18H19ClFN3O2/c1-21-18(22-8-12-2-4-15(19)5-3-12)23-9-13-6-16(20)7-14-10-24-11-25-17(13)14/h2-7H,8-11H2,1H3,(H2,21,22,23). The van der Waals surface area contributed by atoms with Crippen molar-refractivity contribution >= 4 is 17.6 Å². The van der Waals surface area contributed by atoms with Gasteiger partial charge in [-0.25, -0.2) is 4.39 Å². The highest BCUT2D eigenvalue weighted by molar-refractivity contribution is 6.30. The summed E-state index contributed by atoms with van der Waals surface area (Å²) < 4.78 is 24.5. The molecule has 2 aromatic rings. The summed E-state index contributed by atoms with van der Waals surface area (Å²) in [4.78, 5) is 4.18. The molecule has 1 aliphatic heterocycles. The average Bonchev–Trinajstić information content (AvgIpc) is 2.63. The summed E-state index contributed by atoms with van der Waals surface area (Å²) in [6.45, 7) is 1.52. The van der Waals surface area contributed by atoms with Gasteiger partial charge in [-0.1, -0.05) is 23.7 Å². The van der Waals surface area contributed by atoms with E-state index in [1.165, 1.54) is 12.1 Å². The molecule has 1 heterocycles. The number of nitrogens with one attached hydrogen (secondary N) is 2. The summed E-state index contributed by atoms with van der Waals surface area (Å²) in [5, 5.41) is 7.08. The van der Waals surface area contributed by atoms with Crippen LogP contribution in [0.4, 0.5) is 4.39 Å². The van der Waals surface area contributed by atoms with E-state index < -0.39 is 0 Å². The monoisotopic (exact) mass is 363 g/mol. The third-order valence-electron chi connectivity index (χ3n) is 3.79. The van der Waals surface area contributed by atoms with Gasteiger partial charge in [-0.3, -0.25) is 4.99 Å². The highest BCUT2D eigenvalue weighted by Crippen LogP contribution is 2.29. The van der Waals surface area contributed by atoms with Crippen molar-refractivity contribution in [3.05, 3.63) is 63.9 Å². The van der Waals surface area contributed by atoms with Gasteiger partial charge >= 0.3 is 0 Å². The van der Waals surface area contributed by atoms with Gasteiger partial charge in [-0.2, -0.15) is 0 Å². The minimum Gasteiger partial charge on any atom is -0.467 e. The number of rotatable bonds is 4. The molecule has 0 aromatic heterocycles. The first-order chi connectivity index (χ1) is 12.2. The Kier molecular flexibility index (Phi) is 5.73. The lowest BCUT2D eigenvalue weighted by Crippen LogP contribution is -2.36. The molecule has 2 N–H and O–H groups in total. The summed E-state index contributed by atoms with van der Waals surface area (Å²) >= 11 is 5.88. The number of ether oxygens (including phenoxy) is 2. The Hall–Kier alpha value is -2.31. The van der Waals surface area contributed by atoms with Crippen LogP contribution in [-0.2, 0) is 24.4 Å². The Labute approximate surface area is 150 Å². The van der Waals surface area contributed by atoms with Crippen LogP contribution in [0.3, 0.4) is 0 Å². The van der Waals surface area contributed by atoms with Gasteiger partial charge in [0, 0.05) is 36.3 Å². The molecular weight excluding hydrogens is 345 g/mol. The van der Waals surface area contributed by atoms with E-state index in [-0.39, 0.29) is 12.6 Å². The second kappa shape index (κ2) is 8.18. The lowest BCUT2D eigenvalue weighted by molar-refractivity contribution is -0.0172. The van der Waals surface area contributed by atoms with E-state index in [1.807, 2.05) is 24.3 Å². The van der Waals surface area contributed by atoms with Gasteiger partial charge in [-0.05, 0) is 29.8 Å². The molecular formula is C18H19ClFN3O2. The molecule has 0 spiro atoms. The first-order valence-electron chi connectivity index (χ1n) is 7.86. The van der Waals surface area contributed by atoms with Crippen LogP contribution in [-0.4, -0.2) is 19.8 Å². The van der Waals surface area contributed by atoms with Crippen LogP contribution >= 0.6 is 11.6 Å². The molecule has 3 rings (SSSR count). The van der Waals surface area contributed by atoms with Crippen LogP contribution < -0.4 is 15.4 Å². The molecule has 1 aliphatic rings. The largest absolute Gasteiger partial charge is 0.467 e. The SMILES string of the molecule is CN=C(NCc1ccc(Cl)cc1)NCc1cc(F)cc2c1OCOC2. The number of halogens is 2. The lowest BCUT2D eigenvalue weighted by atomic mass is 10.1. The van der Waals surface area contributed by atoms with Gasteiger partial charge in [0.25, 0.3) is 0 Å². The number of benzene rings is 2. The lowest BCUT2D eigenvalue weighted by Gasteiger charge is -2.21. The van der Waals surface area contributed by atoms with Crippen molar-refractivity contribution in [2.75, 3.05) is 13.8 Å². The first-order valence-corrected chi connectivity index (χ1v) is 8.24. The smallest absolute Gasteiger partial charge is 0.191 e. The number of fused-ring (bicyclic) bond motifs is 1. The van der Waals surface area contributed by atoms with Crippen molar-refractivity contribution in [1.29, 1.82) is 0 Å². The van der Waals surface area contributed by atoms with Crippen molar-refractivity contribution in [1.82, 2.24) is 10.6 Å². The zero-order valence-corrected chi connectivity index (χ0v) is 14.6. The number of aliphatic imine (C=N–C) groups is 1. The van der Waals surface area contributed by atoms with Gasteiger partial charge in [-0.15, -0.1) is 0 Å². The third kappa shape index (κ3) is 4.61. The van der Waals surface area contributed by atoms with Crippen molar-refractivity contribution in [2.24, 2.45) is 4.99 Å². The van der Waals surface area contributed by atoms with Crippen LogP contribution in [0.25, 0.3) is 0 Å². The maximum Gasteiger partial charge on any atom is 0.191 e. The zero-order chi connectivity index (χ0) is 17.6. The second-order valence-electron chi connectivity index (χ2n) is 5.57. The predicted molar refractivity (Wildman–Crippen MR) is 95.2 cm³/mol. The Bertz CT molecular complexity index is 766. The Balaban J connectivity index is 1.61. The molecule has 7 heteroatoms. The normalized spacial score (nSPS) is 13.8. The number of hydrogen-bond acceptors (Lipinski definition) is 3. The van der Waals surface area contributed by atoms with Crippen LogP contribution in [0.15, 0.2) is 41.4 Å². The topological polar surface area (TPSA) is 54.9 Å². The van der Waals surface area contributed by atoms with Crippen molar-refractivity contribution < 1.29 is 13.9 Å². The van der Waals surface area contributed by atoms with E-state index >= 15 is 0 Å². The first kappa shape index (κ1) is 17.5. The summed E-state index contributed by atoms with van der Waals surface area (Å²) in [5.74, 6) is 0.974. The van der Waals surface area contributed by atoms with Gasteiger partial charge in [0.1, 0.15) is 11.6 Å². The van der Waals surface area contributed by atoms with E-state index in [1.54, 1.807) is 7.05 Å². The Morgan fingerprint density at radius 1 is 1.20 bits per heavy atom. The highest BCUT2D eigenvalue weighted by Gasteiger charge is 2.17. The molecule has 0 radical (unpaired) electrons. The second-order valence-corrected chi connectivity index (χ2v) is 6.01. The fourth-order valence-corrected chi connectivity index (χ4v) is 2.70. The summed E-state index contributed by atoms with van der Waals surface area (Å²) in [6, 6.07) is 10.5. The maximum atomic E-state index is 13.8. The Morgan fingerprint density at radius 2 is 1.96 bits per heavy atom. The molecule has 0 bridgehead atoms. The summed E-state index contributed by atoms with van der Waals surface area (Å²) in [7, 11) is 1.68. The van der Waals surface area contributed by atoms with Crippen molar-refractivity contribution in [3.8, 4) is 5.75 Å². The molecule has 0 saturated heterocycles. The van der Waals surface area contributed by atoms with Crippen molar-refractivity contribution in [3.63, 3.8) is 0 Å². The third-order valence-corrected chi connectivity index (χ3v) is 4.05. The Morgan fingerprint density at radius 3 is 2.72 bits per heavy atom. The van der Waals surface area contributed by atoms with E-state index in [0.717, 1.165) is 11.1 Å². The molecule has 5 nitrogen and oxygen atoms in total. The summed E-state index contributed by atoms with van der Waals surface area (Å²) in [5.41, 5.74) is 2.52. The molecule has 2 aromatic carbocycles. The molecule has 0 unspecified atom stereocenters. The van der Waals surface area contributed by atoms with E-state index in [9.17, 15) is 4.39 Å². The highest BCUT2D eigenvalue weighted by atomic mass is 35.5. The van der Waals surface area contributed by atoms with Gasteiger partial charge in [0.15, 0.2) is 12.8 Å². The van der Waals surface area contributed by atoms with Crippen LogP contribution in [0.2, 0.25) is 5.02 Å². The number of hydrogen-bond donors (Lipinski definition) is 2. The van der Waals surface area contributed by atoms with Crippen LogP contribution in [0.5, 0.6) is 5.75 Å². The quantitative estimate of drug-likeness (QED) is 0.647.